The molecule has 2 aromatic carbocycles. The van der Waals surface area contributed by atoms with Gasteiger partial charge in [0.2, 0.25) is 15.9 Å². The molecule has 1 amide bonds. The SMILES string of the molecule is CC(COc1ccc(F)cc1F)NC(=O)C1CCN(S(=O)(=O)c2cc(F)ccc2F)CC1. The summed E-state index contributed by atoms with van der Waals surface area (Å²) in [5, 5.41) is 2.71. The molecule has 0 aromatic heterocycles. The van der Waals surface area contributed by atoms with Crippen LogP contribution < -0.4 is 10.1 Å². The molecule has 2 aromatic rings. The Hall–Kier alpha value is -2.66. The Morgan fingerprint density at radius 3 is 2.34 bits per heavy atom. The number of rotatable bonds is 7. The Bertz CT molecular complexity index is 1090. The van der Waals surface area contributed by atoms with Crippen molar-refractivity contribution in [3.63, 3.8) is 0 Å². The van der Waals surface area contributed by atoms with E-state index in [9.17, 15) is 30.8 Å². The van der Waals surface area contributed by atoms with Crippen LogP contribution in [0.2, 0.25) is 0 Å². The van der Waals surface area contributed by atoms with Crippen LogP contribution in [0.1, 0.15) is 19.8 Å². The maximum atomic E-state index is 13.9. The molecule has 6 nitrogen and oxygen atoms in total. The number of nitrogens with zero attached hydrogens (tertiary/aromatic N) is 1. The zero-order valence-corrected chi connectivity index (χ0v) is 18.0. The molecule has 174 valence electrons. The average Bonchev–Trinajstić information content (AvgIpc) is 2.74. The van der Waals surface area contributed by atoms with Crippen LogP contribution in [0.4, 0.5) is 17.6 Å². The minimum absolute atomic E-state index is 0.0257. The first kappa shape index (κ1) is 24.0. The van der Waals surface area contributed by atoms with Crippen LogP contribution in [0.5, 0.6) is 5.75 Å². The zero-order chi connectivity index (χ0) is 23.5. The lowest BCUT2D eigenvalue weighted by atomic mass is 9.97. The van der Waals surface area contributed by atoms with Crippen LogP contribution in [-0.4, -0.2) is 44.4 Å². The maximum Gasteiger partial charge on any atom is 0.246 e. The van der Waals surface area contributed by atoms with Crippen molar-refractivity contribution >= 4 is 15.9 Å². The Morgan fingerprint density at radius 2 is 1.69 bits per heavy atom. The summed E-state index contributed by atoms with van der Waals surface area (Å²) in [4.78, 5) is 11.8. The third-order valence-corrected chi connectivity index (χ3v) is 7.02. The third-order valence-electron chi connectivity index (χ3n) is 5.11. The monoisotopic (exact) mass is 474 g/mol. The first-order valence-electron chi connectivity index (χ1n) is 9.91. The van der Waals surface area contributed by atoms with Gasteiger partial charge in [0.05, 0.1) is 6.04 Å². The summed E-state index contributed by atoms with van der Waals surface area (Å²) in [6.45, 7) is 1.54. The Balaban J connectivity index is 1.52. The summed E-state index contributed by atoms with van der Waals surface area (Å²) < 4.78 is 85.4. The smallest absolute Gasteiger partial charge is 0.246 e. The molecule has 0 aliphatic carbocycles. The minimum Gasteiger partial charge on any atom is -0.488 e. The molecule has 3 rings (SSSR count). The van der Waals surface area contributed by atoms with E-state index in [1.807, 2.05) is 0 Å². The number of carbonyl (C=O) groups excluding carboxylic acids is 1. The number of hydrogen-bond donors (Lipinski definition) is 1. The number of ether oxygens (including phenoxy) is 1. The lowest BCUT2D eigenvalue weighted by Crippen LogP contribution is -2.46. The van der Waals surface area contributed by atoms with Crippen LogP contribution in [0.3, 0.4) is 0 Å². The van der Waals surface area contributed by atoms with Crippen LogP contribution in [0.15, 0.2) is 41.3 Å². The summed E-state index contributed by atoms with van der Waals surface area (Å²) in [5.41, 5.74) is 0. The van der Waals surface area contributed by atoms with E-state index in [4.69, 9.17) is 4.74 Å². The topological polar surface area (TPSA) is 75.7 Å². The van der Waals surface area contributed by atoms with E-state index < -0.39 is 50.1 Å². The first-order chi connectivity index (χ1) is 15.1. The van der Waals surface area contributed by atoms with Gasteiger partial charge in [-0.25, -0.2) is 26.0 Å². The van der Waals surface area contributed by atoms with Crippen molar-refractivity contribution in [3.05, 3.63) is 59.7 Å². The molecule has 1 unspecified atom stereocenters. The van der Waals surface area contributed by atoms with Gasteiger partial charge in [0.15, 0.2) is 11.6 Å². The molecule has 32 heavy (non-hydrogen) atoms. The predicted octanol–water partition coefficient (Wildman–Crippen LogP) is 3.23. The predicted molar refractivity (Wildman–Crippen MR) is 107 cm³/mol. The van der Waals surface area contributed by atoms with Crippen molar-refractivity contribution in [2.45, 2.75) is 30.7 Å². The van der Waals surface area contributed by atoms with Crippen LogP contribution >= 0.6 is 0 Å². The van der Waals surface area contributed by atoms with Gasteiger partial charge in [-0.1, -0.05) is 0 Å². The molecule has 0 saturated carbocycles. The largest absolute Gasteiger partial charge is 0.488 e. The normalized spacial score (nSPS) is 16.5. The molecule has 0 radical (unpaired) electrons. The molecule has 1 atom stereocenters. The second kappa shape index (κ2) is 9.86. The van der Waals surface area contributed by atoms with Gasteiger partial charge < -0.3 is 10.1 Å². The number of nitrogens with one attached hydrogen (secondary N) is 1. The van der Waals surface area contributed by atoms with Gasteiger partial charge >= 0.3 is 0 Å². The lowest BCUT2D eigenvalue weighted by molar-refractivity contribution is -0.126. The van der Waals surface area contributed by atoms with Crippen molar-refractivity contribution < 1.29 is 35.5 Å². The number of hydrogen-bond acceptors (Lipinski definition) is 4. The quantitative estimate of drug-likeness (QED) is 0.626. The molecule has 1 aliphatic rings. The van der Waals surface area contributed by atoms with Gasteiger partial charge in [0.25, 0.3) is 0 Å². The maximum absolute atomic E-state index is 13.9. The van der Waals surface area contributed by atoms with Crippen molar-refractivity contribution in [1.82, 2.24) is 9.62 Å². The molecular formula is C21H22F4N2O4S. The van der Waals surface area contributed by atoms with Crippen LogP contribution in [0, 0.1) is 29.2 Å². The Kier molecular flexibility index (Phi) is 7.40. The fourth-order valence-electron chi connectivity index (χ4n) is 3.38. The highest BCUT2D eigenvalue weighted by atomic mass is 32.2. The van der Waals surface area contributed by atoms with E-state index in [0.29, 0.717) is 12.1 Å². The number of piperidine rings is 1. The summed E-state index contributed by atoms with van der Waals surface area (Å²) in [6.07, 6.45) is 0.393. The standard InChI is InChI=1S/C21H22F4N2O4S/c1-13(12-31-19-5-3-15(22)10-18(19)25)26-21(28)14-6-8-27(9-7-14)32(29,30)20-11-16(23)2-4-17(20)24/h2-5,10-11,13-14H,6-9,12H2,1H3,(H,26,28). The number of benzene rings is 2. The highest BCUT2D eigenvalue weighted by Gasteiger charge is 2.34. The summed E-state index contributed by atoms with van der Waals surface area (Å²) in [6, 6.07) is 4.63. The van der Waals surface area contributed by atoms with Crippen molar-refractivity contribution in [2.75, 3.05) is 19.7 Å². The van der Waals surface area contributed by atoms with Crippen molar-refractivity contribution in [2.24, 2.45) is 5.92 Å². The van der Waals surface area contributed by atoms with Crippen LogP contribution in [0.25, 0.3) is 0 Å². The highest BCUT2D eigenvalue weighted by molar-refractivity contribution is 7.89. The van der Waals surface area contributed by atoms with Crippen LogP contribution in [-0.2, 0) is 14.8 Å². The molecule has 1 fully saturated rings. The molecular weight excluding hydrogens is 452 g/mol. The molecule has 1 saturated heterocycles. The molecule has 0 bridgehead atoms. The van der Waals surface area contributed by atoms with E-state index in [0.717, 1.165) is 28.6 Å². The van der Waals surface area contributed by atoms with E-state index in [2.05, 4.69) is 5.32 Å². The van der Waals surface area contributed by atoms with E-state index in [1.54, 1.807) is 6.92 Å². The molecule has 1 N–H and O–H groups in total. The summed E-state index contributed by atoms with van der Waals surface area (Å²) in [5.74, 6) is -4.45. The van der Waals surface area contributed by atoms with E-state index in [1.165, 1.54) is 0 Å². The molecule has 0 spiro atoms. The first-order valence-corrected chi connectivity index (χ1v) is 11.4. The fourth-order valence-corrected chi connectivity index (χ4v) is 4.93. The fraction of sp³-hybridized carbons (Fsp3) is 0.381. The summed E-state index contributed by atoms with van der Waals surface area (Å²) in [7, 11) is -4.23. The zero-order valence-electron chi connectivity index (χ0n) is 17.2. The second-order valence-electron chi connectivity index (χ2n) is 7.55. The minimum atomic E-state index is -4.23. The summed E-state index contributed by atoms with van der Waals surface area (Å²) >= 11 is 0. The van der Waals surface area contributed by atoms with E-state index in [-0.39, 0.29) is 44.2 Å². The van der Waals surface area contributed by atoms with Gasteiger partial charge in [-0.15, -0.1) is 0 Å². The number of halogens is 4. The van der Waals surface area contributed by atoms with Gasteiger partial charge in [0.1, 0.15) is 29.0 Å². The Morgan fingerprint density at radius 1 is 1.06 bits per heavy atom. The van der Waals surface area contributed by atoms with Gasteiger partial charge in [-0.05, 0) is 50.1 Å². The van der Waals surface area contributed by atoms with Crippen molar-refractivity contribution in [3.8, 4) is 5.75 Å². The second-order valence-corrected chi connectivity index (χ2v) is 9.45. The third kappa shape index (κ3) is 5.57. The Labute approximate surface area is 183 Å². The lowest BCUT2D eigenvalue weighted by Gasteiger charge is -2.31. The molecule has 1 aliphatic heterocycles. The number of amides is 1. The van der Waals surface area contributed by atoms with E-state index >= 15 is 0 Å². The van der Waals surface area contributed by atoms with Gasteiger partial charge in [-0.2, -0.15) is 4.31 Å². The van der Waals surface area contributed by atoms with Crippen molar-refractivity contribution in [1.29, 1.82) is 0 Å². The average molecular weight is 474 g/mol. The highest BCUT2D eigenvalue weighted by Crippen LogP contribution is 2.26. The molecule has 11 heteroatoms. The number of sulfonamides is 1. The molecule has 1 heterocycles. The van der Waals surface area contributed by atoms with Gasteiger partial charge in [-0.3, -0.25) is 4.79 Å². The van der Waals surface area contributed by atoms with Gasteiger partial charge in [0, 0.05) is 25.1 Å². The number of carbonyl (C=O) groups is 1.